The van der Waals surface area contributed by atoms with E-state index in [1.807, 2.05) is 24.0 Å². The third kappa shape index (κ3) is 1.03. The molecule has 56 valence electrons. The topological polar surface area (TPSA) is 17.8 Å². The van der Waals surface area contributed by atoms with Crippen LogP contribution in [0.1, 0.15) is 0 Å². The largest absolute Gasteiger partial charge is 0.267 e. The minimum Gasteiger partial charge on any atom is -0.267 e. The van der Waals surface area contributed by atoms with E-state index in [2.05, 4.69) is 39.8 Å². The second-order valence-electron chi connectivity index (χ2n) is 2.45. The molecule has 0 fully saturated rings. The number of aromatic nitrogens is 2. The zero-order valence-corrected chi connectivity index (χ0v) is 8.24. The van der Waals surface area contributed by atoms with Gasteiger partial charge in [0.25, 0.3) is 0 Å². The lowest BCUT2D eigenvalue weighted by Gasteiger charge is -1.95. The van der Waals surface area contributed by atoms with Gasteiger partial charge >= 0.3 is 0 Å². The number of halogens is 1. The first-order valence-electron chi connectivity index (χ1n) is 3.35. The average molecular weight is 258 g/mol. The van der Waals surface area contributed by atoms with Gasteiger partial charge in [0.15, 0.2) is 0 Å². The molecule has 2 aromatic rings. The SMILES string of the molecule is Cn1ncc2cccc(I)c21. The van der Waals surface area contributed by atoms with Crippen molar-refractivity contribution in [3.8, 4) is 0 Å². The number of fused-ring (bicyclic) bond motifs is 1. The van der Waals surface area contributed by atoms with Crippen LogP contribution >= 0.6 is 22.6 Å². The molecule has 0 aliphatic rings. The fourth-order valence-electron chi connectivity index (χ4n) is 1.18. The molecule has 2 nitrogen and oxygen atoms in total. The van der Waals surface area contributed by atoms with Gasteiger partial charge in [-0.25, -0.2) is 0 Å². The van der Waals surface area contributed by atoms with Crippen LogP contribution in [0.5, 0.6) is 0 Å². The van der Waals surface area contributed by atoms with Gasteiger partial charge in [0.1, 0.15) is 0 Å². The molecule has 1 aromatic carbocycles. The second-order valence-corrected chi connectivity index (χ2v) is 3.61. The van der Waals surface area contributed by atoms with Crippen molar-refractivity contribution in [2.75, 3.05) is 0 Å². The first-order chi connectivity index (χ1) is 5.29. The smallest absolute Gasteiger partial charge is 0.0812 e. The van der Waals surface area contributed by atoms with Crippen LogP contribution in [0.2, 0.25) is 0 Å². The Hall–Kier alpha value is -0.580. The summed E-state index contributed by atoms with van der Waals surface area (Å²) in [4.78, 5) is 0. The molecular formula is C8H7IN2. The predicted octanol–water partition coefficient (Wildman–Crippen LogP) is 2.18. The molecule has 0 aliphatic heterocycles. The van der Waals surface area contributed by atoms with Crippen LogP contribution in [0.4, 0.5) is 0 Å². The van der Waals surface area contributed by atoms with Crippen molar-refractivity contribution in [3.05, 3.63) is 28.0 Å². The second kappa shape index (κ2) is 2.48. The van der Waals surface area contributed by atoms with E-state index in [1.54, 1.807) is 0 Å². The summed E-state index contributed by atoms with van der Waals surface area (Å²) in [6, 6.07) is 6.21. The summed E-state index contributed by atoms with van der Waals surface area (Å²) in [7, 11) is 1.96. The predicted molar refractivity (Wildman–Crippen MR) is 53.4 cm³/mol. The van der Waals surface area contributed by atoms with Crippen LogP contribution in [-0.2, 0) is 7.05 Å². The zero-order chi connectivity index (χ0) is 7.84. The van der Waals surface area contributed by atoms with Crippen LogP contribution in [0.25, 0.3) is 10.9 Å². The number of nitrogens with zero attached hydrogens (tertiary/aromatic N) is 2. The van der Waals surface area contributed by atoms with E-state index in [-0.39, 0.29) is 0 Å². The van der Waals surface area contributed by atoms with E-state index in [9.17, 15) is 0 Å². The third-order valence-corrected chi connectivity index (χ3v) is 2.58. The monoisotopic (exact) mass is 258 g/mol. The Balaban J connectivity index is 2.96. The van der Waals surface area contributed by atoms with Crippen LogP contribution in [0.15, 0.2) is 24.4 Å². The maximum Gasteiger partial charge on any atom is 0.0812 e. The van der Waals surface area contributed by atoms with Crippen molar-refractivity contribution in [1.29, 1.82) is 0 Å². The van der Waals surface area contributed by atoms with Crippen LogP contribution in [0.3, 0.4) is 0 Å². The van der Waals surface area contributed by atoms with E-state index >= 15 is 0 Å². The Morgan fingerprint density at radius 1 is 1.45 bits per heavy atom. The quantitative estimate of drug-likeness (QED) is 0.662. The van der Waals surface area contributed by atoms with Gasteiger partial charge in [-0.15, -0.1) is 0 Å². The Morgan fingerprint density at radius 2 is 2.27 bits per heavy atom. The lowest BCUT2D eigenvalue weighted by atomic mass is 10.3. The summed E-state index contributed by atoms with van der Waals surface area (Å²) in [6.45, 7) is 0. The molecule has 0 unspecified atom stereocenters. The molecule has 1 aromatic heterocycles. The van der Waals surface area contributed by atoms with Gasteiger partial charge in [-0.2, -0.15) is 5.10 Å². The molecule has 3 heteroatoms. The summed E-state index contributed by atoms with van der Waals surface area (Å²) in [5.74, 6) is 0. The van der Waals surface area contributed by atoms with Gasteiger partial charge in [-0.05, 0) is 28.7 Å². The molecule has 0 saturated carbocycles. The van der Waals surface area contributed by atoms with Gasteiger partial charge in [0.2, 0.25) is 0 Å². The number of hydrogen-bond donors (Lipinski definition) is 0. The first-order valence-corrected chi connectivity index (χ1v) is 4.43. The number of benzene rings is 1. The first kappa shape index (κ1) is 7.09. The molecule has 0 amide bonds. The van der Waals surface area contributed by atoms with Gasteiger partial charge < -0.3 is 0 Å². The number of aryl methyl sites for hydroxylation is 1. The molecule has 0 bridgehead atoms. The van der Waals surface area contributed by atoms with Crippen molar-refractivity contribution >= 4 is 33.5 Å². The minimum absolute atomic E-state index is 1.21. The number of rotatable bonds is 0. The maximum atomic E-state index is 4.17. The fraction of sp³-hybridized carbons (Fsp3) is 0.125. The summed E-state index contributed by atoms with van der Waals surface area (Å²) in [5.41, 5.74) is 1.22. The molecule has 2 rings (SSSR count). The molecule has 0 aliphatic carbocycles. The highest BCUT2D eigenvalue weighted by atomic mass is 127. The van der Waals surface area contributed by atoms with Crippen molar-refractivity contribution in [3.63, 3.8) is 0 Å². The summed E-state index contributed by atoms with van der Waals surface area (Å²) >= 11 is 2.32. The fourth-order valence-corrected chi connectivity index (χ4v) is 2.05. The lowest BCUT2D eigenvalue weighted by molar-refractivity contribution is 0.795. The third-order valence-electron chi connectivity index (χ3n) is 1.71. The summed E-state index contributed by atoms with van der Waals surface area (Å²) in [6.07, 6.45) is 1.89. The van der Waals surface area contributed by atoms with Crippen molar-refractivity contribution in [2.45, 2.75) is 0 Å². The normalized spacial score (nSPS) is 10.7. The van der Waals surface area contributed by atoms with E-state index in [0.717, 1.165) is 0 Å². The minimum atomic E-state index is 1.21. The van der Waals surface area contributed by atoms with E-state index in [0.29, 0.717) is 0 Å². The highest BCUT2D eigenvalue weighted by molar-refractivity contribution is 14.1. The highest BCUT2D eigenvalue weighted by Gasteiger charge is 2.00. The standard InChI is InChI=1S/C8H7IN2/c1-11-8-6(5-10-11)3-2-4-7(8)9/h2-5H,1H3. The molecule has 1 heterocycles. The van der Waals surface area contributed by atoms with E-state index in [4.69, 9.17) is 0 Å². The van der Waals surface area contributed by atoms with Crippen molar-refractivity contribution < 1.29 is 0 Å². The number of para-hydroxylation sites is 1. The van der Waals surface area contributed by atoms with Crippen molar-refractivity contribution in [2.24, 2.45) is 7.05 Å². The molecule has 11 heavy (non-hydrogen) atoms. The van der Waals surface area contributed by atoms with Gasteiger partial charge in [-0.1, -0.05) is 12.1 Å². The molecular weight excluding hydrogens is 251 g/mol. The molecule has 0 spiro atoms. The van der Waals surface area contributed by atoms with Gasteiger partial charge in [-0.3, -0.25) is 4.68 Å². The van der Waals surface area contributed by atoms with Crippen molar-refractivity contribution in [1.82, 2.24) is 9.78 Å². The Morgan fingerprint density at radius 3 is 3.00 bits per heavy atom. The average Bonchev–Trinajstić information content (AvgIpc) is 2.34. The summed E-state index contributed by atoms with van der Waals surface area (Å²) in [5, 5.41) is 5.38. The van der Waals surface area contributed by atoms with Crippen LogP contribution in [-0.4, -0.2) is 9.78 Å². The van der Waals surface area contributed by atoms with Gasteiger partial charge in [0, 0.05) is 16.0 Å². The lowest BCUT2D eigenvalue weighted by Crippen LogP contribution is -1.90. The van der Waals surface area contributed by atoms with E-state index < -0.39 is 0 Å². The van der Waals surface area contributed by atoms with Gasteiger partial charge in [0.05, 0.1) is 11.7 Å². The van der Waals surface area contributed by atoms with Crippen LogP contribution in [0, 0.1) is 3.57 Å². The highest BCUT2D eigenvalue weighted by Crippen LogP contribution is 2.18. The molecule has 0 N–H and O–H groups in total. The molecule has 0 radical (unpaired) electrons. The molecule has 0 atom stereocenters. The van der Waals surface area contributed by atoms with Crippen LogP contribution < -0.4 is 0 Å². The number of hydrogen-bond acceptors (Lipinski definition) is 1. The zero-order valence-electron chi connectivity index (χ0n) is 6.08. The maximum absolute atomic E-state index is 4.17. The Kier molecular flexibility index (Phi) is 1.60. The Bertz CT molecular complexity index is 392. The Labute approximate surface area is 78.3 Å². The van der Waals surface area contributed by atoms with E-state index in [1.165, 1.54) is 14.5 Å². The molecule has 0 saturated heterocycles. The summed E-state index contributed by atoms with van der Waals surface area (Å²) < 4.78 is 3.15.